The van der Waals surface area contributed by atoms with Crippen molar-refractivity contribution in [2.45, 2.75) is 13.5 Å². The van der Waals surface area contributed by atoms with Gasteiger partial charge < -0.3 is 9.64 Å². The fraction of sp³-hybridized carbons (Fsp3) is 0.200. The minimum Gasteiger partial charge on any atom is -0.489 e. The third-order valence-corrected chi connectivity index (χ3v) is 5.07. The van der Waals surface area contributed by atoms with Gasteiger partial charge in [-0.25, -0.2) is 4.98 Å². The van der Waals surface area contributed by atoms with Crippen molar-refractivity contribution in [2.24, 2.45) is 0 Å². The van der Waals surface area contributed by atoms with Crippen molar-refractivity contribution in [1.29, 1.82) is 0 Å². The van der Waals surface area contributed by atoms with Crippen LogP contribution in [0.2, 0.25) is 5.02 Å². The summed E-state index contributed by atoms with van der Waals surface area (Å²) in [7, 11) is 1.77. The molecule has 0 fully saturated rings. The van der Waals surface area contributed by atoms with Crippen molar-refractivity contribution >= 4 is 28.8 Å². The van der Waals surface area contributed by atoms with Crippen LogP contribution in [0.3, 0.4) is 0 Å². The van der Waals surface area contributed by atoms with Crippen LogP contribution >= 0.6 is 22.9 Å². The van der Waals surface area contributed by atoms with Gasteiger partial charge in [-0.3, -0.25) is 4.79 Å². The van der Waals surface area contributed by atoms with Crippen LogP contribution in [0.1, 0.15) is 23.0 Å². The molecule has 134 valence electrons. The molecule has 1 heterocycles. The van der Waals surface area contributed by atoms with Crippen LogP contribution in [0.4, 0.5) is 0 Å². The number of amides is 1. The van der Waals surface area contributed by atoms with E-state index in [-0.39, 0.29) is 5.91 Å². The lowest BCUT2D eigenvalue weighted by atomic mass is 10.2. The van der Waals surface area contributed by atoms with Crippen LogP contribution in [-0.4, -0.2) is 29.4 Å². The van der Waals surface area contributed by atoms with Crippen LogP contribution in [0.15, 0.2) is 53.9 Å². The summed E-state index contributed by atoms with van der Waals surface area (Å²) in [5.41, 5.74) is 2.46. The molecule has 0 aliphatic carbocycles. The Hall–Kier alpha value is -2.37. The van der Waals surface area contributed by atoms with E-state index in [9.17, 15) is 4.79 Å². The smallest absolute Gasteiger partial charge is 0.273 e. The number of ether oxygens (including phenoxy) is 1. The number of hydrogen-bond acceptors (Lipinski definition) is 4. The first kappa shape index (κ1) is 18.4. The van der Waals surface area contributed by atoms with Gasteiger partial charge in [0.15, 0.2) is 0 Å². The van der Waals surface area contributed by atoms with Crippen LogP contribution in [-0.2, 0) is 6.61 Å². The lowest BCUT2D eigenvalue weighted by molar-refractivity contribution is 0.0797. The summed E-state index contributed by atoms with van der Waals surface area (Å²) in [5, 5.41) is 3.32. The molecule has 0 saturated heterocycles. The van der Waals surface area contributed by atoms with E-state index in [1.54, 1.807) is 17.3 Å². The monoisotopic (exact) mass is 386 g/mol. The molecule has 0 unspecified atom stereocenters. The fourth-order valence-corrected chi connectivity index (χ4v) is 3.34. The Kier molecular flexibility index (Phi) is 5.91. The van der Waals surface area contributed by atoms with E-state index >= 15 is 0 Å². The molecular weight excluding hydrogens is 368 g/mol. The fourth-order valence-electron chi connectivity index (χ4n) is 2.33. The van der Waals surface area contributed by atoms with Crippen LogP contribution < -0.4 is 4.74 Å². The van der Waals surface area contributed by atoms with Crippen molar-refractivity contribution in [3.05, 3.63) is 70.2 Å². The molecule has 4 nitrogen and oxygen atoms in total. The molecule has 1 aromatic heterocycles. The van der Waals surface area contributed by atoms with Crippen molar-refractivity contribution in [1.82, 2.24) is 9.88 Å². The lowest BCUT2D eigenvalue weighted by Crippen LogP contribution is -2.26. The third-order valence-electron chi connectivity index (χ3n) is 3.94. The Bertz CT molecular complexity index is 893. The molecule has 0 aliphatic heterocycles. The quantitative estimate of drug-likeness (QED) is 0.589. The molecule has 0 radical (unpaired) electrons. The second-order valence-corrected chi connectivity index (χ2v) is 7.09. The largest absolute Gasteiger partial charge is 0.489 e. The maximum Gasteiger partial charge on any atom is 0.273 e. The molecule has 3 aromatic rings. The van der Waals surface area contributed by atoms with E-state index in [0.717, 1.165) is 21.9 Å². The number of carbonyl (C=O) groups excluding carboxylic acids is 1. The highest BCUT2D eigenvalue weighted by Crippen LogP contribution is 2.26. The topological polar surface area (TPSA) is 42.4 Å². The van der Waals surface area contributed by atoms with E-state index in [1.807, 2.05) is 55.5 Å². The van der Waals surface area contributed by atoms with Crippen molar-refractivity contribution in [2.75, 3.05) is 13.6 Å². The highest BCUT2D eigenvalue weighted by Gasteiger charge is 2.14. The summed E-state index contributed by atoms with van der Waals surface area (Å²) in [6.45, 7) is 3.05. The molecule has 0 N–H and O–H groups in total. The van der Waals surface area contributed by atoms with Gasteiger partial charge in [0.05, 0.1) is 0 Å². The van der Waals surface area contributed by atoms with Crippen LogP contribution in [0.5, 0.6) is 5.75 Å². The summed E-state index contributed by atoms with van der Waals surface area (Å²) in [6.07, 6.45) is 0. The van der Waals surface area contributed by atoms with Crippen molar-refractivity contribution < 1.29 is 9.53 Å². The minimum atomic E-state index is -0.0588. The molecule has 0 spiro atoms. The molecule has 2 aromatic carbocycles. The van der Waals surface area contributed by atoms with E-state index in [2.05, 4.69) is 4.98 Å². The Balaban J connectivity index is 1.66. The molecule has 6 heteroatoms. The maximum absolute atomic E-state index is 12.2. The highest BCUT2D eigenvalue weighted by molar-refractivity contribution is 7.13. The molecule has 0 atom stereocenters. The SMILES string of the molecule is CCN(C)C(=O)c1csc(-c2ccc(OCc3cccc(Cl)c3)cc2)n1. The molecule has 3 rings (SSSR count). The summed E-state index contributed by atoms with van der Waals surface area (Å²) < 4.78 is 5.79. The number of aromatic nitrogens is 1. The Morgan fingerprint density at radius 2 is 2.00 bits per heavy atom. The zero-order valence-electron chi connectivity index (χ0n) is 14.6. The number of benzene rings is 2. The van der Waals surface area contributed by atoms with E-state index in [0.29, 0.717) is 23.9 Å². The number of halogens is 1. The predicted molar refractivity (Wildman–Crippen MR) is 106 cm³/mol. The number of carbonyl (C=O) groups is 1. The first-order valence-corrected chi connectivity index (χ1v) is 9.51. The maximum atomic E-state index is 12.2. The van der Waals surface area contributed by atoms with Crippen LogP contribution in [0.25, 0.3) is 10.6 Å². The van der Waals surface area contributed by atoms with Gasteiger partial charge in [0.1, 0.15) is 23.1 Å². The Labute approximate surface area is 162 Å². The predicted octanol–water partition coefficient (Wildman–Crippen LogP) is 5.13. The molecule has 0 aliphatic rings. The normalized spacial score (nSPS) is 10.6. The number of nitrogens with zero attached hydrogens (tertiary/aromatic N) is 2. The van der Waals surface area contributed by atoms with E-state index < -0.39 is 0 Å². The van der Waals surface area contributed by atoms with Gasteiger partial charge in [0.2, 0.25) is 0 Å². The average molecular weight is 387 g/mol. The van der Waals surface area contributed by atoms with Gasteiger partial charge in [0.25, 0.3) is 5.91 Å². The van der Waals surface area contributed by atoms with E-state index in [1.165, 1.54) is 11.3 Å². The van der Waals surface area contributed by atoms with Crippen LogP contribution in [0, 0.1) is 0 Å². The Morgan fingerprint density at radius 3 is 2.69 bits per heavy atom. The first-order valence-electron chi connectivity index (χ1n) is 8.25. The number of thiazole rings is 1. The summed E-state index contributed by atoms with van der Waals surface area (Å²) in [6, 6.07) is 15.3. The summed E-state index contributed by atoms with van der Waals surface area (Å²) in [4.78, 5) is 18.3. The minimum absolute atomic E-state index is 0.0588. The summed E-state index contributed by atoms with van der Waals surface area (Å²) in [5.74, 6) is 0.712. The molecule has 1 amide bonds. The summed E-state index contributed by atoms with van der Waals surface area (Å²) >= 11 is 7.44. The number of rotatable bonds is 6. The highest BCUT2D eigenvalue weighted by atomic mass is 35.5. The third kappa shape index (κ3) is 4.42. The van der Waals surface area contributed by atoms with Gasteiger partial charge >= 0.3 is 0 Å². The molecule has 0 bridgehead atoms. The first-order chi connectivity index (χ1) is 12.6. The van der Waals surface area contributed by atoms with Gasteiger partial charge in [0, 0.05) is 29.6 Å². The zero-order valence-corrected chi connectivity index (χ0v) is 16.2. The molecule has 26 heavy (non-hydrogen) atoms. The number of hydrogen-bond donors (Lipinski definition) is 0. The van der Waals surface area contributed by atoms with Gasteiger partial charge in [-0.15, -0.1) is 11.3 Å². The van der Waals surface area contributed by atoms with Gasteiger partial charge in [-0.1, -0.05) is 23.7 Å². The standard InChI is InChI=1S/C20H19ClN2O2S/c1-3-23(2)20(24)18-13-26-19(22-18)15-7-9-17(10-8-15)25-12-14-5-4-6-16(21)11-14/h4-11,13H,3,12H2,1-2H3. The second-order valence-electron chi connectivity index (χ2n) is 5.80. The van der Waals surface area contributed by atoms with E-state index in [4.69, 9.17) is 16.3 Å². The molecule has 0 saturated carbocycles. The van der Waals surface area contributed by atoms with Gasteiger partial charge in [-0.2, -0.15) is 0 Å². The van der Waals surface area contributed by atoms with Gasteiger partial charge in [-0.05, 0) is 48.9 Å². The Morgan fingerprint density at radius 1 is 1.23 bits per heavy atom. The lowest BCUT2D eigenvalue weighted by Gasteiger charge is -2.11. The average Bonchev–Trinajstić information content (AvgIpc) is 3.16. The molecular formula is C20H19ClN2O2S. The zero-order chi connectivity index (χ0) is 18.5. The second kappa shape index (κ2) is 8.34. The van der Waals surface area contributed by atoms with Crippen molar-refractivity contribution in [3.63, 3.8) is 0 Å². The van der Waals surface area contributed by atoms with Crippen molar-refractivity contribution in [3.8, 4) is 16.3 Å².